The molecule has 1 aromatic heterocycles. The first kappa shape index (κ1) is 13.3. The Kier molecular flexibility index (Phi) is 3.62. The quantitative estimate of drug-likeness (QED) is 0.874. The molecule has 1 fully saturated rings. The van der Waals surface area contributed by atoms with Crippen molar-refractivity contribution in [2.24, 2.45) is 11.3 Å². The van der Waals surface area contributed by atoms with Gasteiger partial charge in [0.05, 0.1) is 6.10 Å². The maximum atomic E-state index is 9.63. The Hall–Kier alpha value is -1.09. The summed E-state index contributed by atoms with van der Waals surface area (Å²) in [6, 6.07) is 3.89. The number of anilines is 1. The van der Waals surface area contributed by atoms with Crippen LogP contribution in [0, 0.1) is 11.3 Å². The van der Waals surface area contributed by atoms with Crippen LogP contribution in [0.1, 0.15) is 45.8 Å². The van der Waals surface area contributed by atoms with Crippen LogP contribution < -0.4 is 4.90 Å². The zero-order chi connectivity index (χ0) is 13.3. The summed E-state index contributed by atoms with van der Waals surface area (Å²) in [6.45, 7) is 10.8. The van der Waals surface area contributed by atoms with Gasteiger partial charge in [-0.25, -0.2) is 4.98 Å². The highest BCUT2D eigenvalue weighted by Gasteiger charge is 2.32. The molecule has 2 atom stereocenters. The summed E-state index contributed by atoms with van der Waals surface area (Å²) in [5.74, 6) is 1.72. The Bertz CT molecular complexity index is 409. The molecule has 0 spiro atoms. The molecule has 1 saturated heterocycles. The van der Waals surface area contributed by atoms with E-state index in [-0.39, 0.29) is 0 Å². The molecule has 3 nitrogen and oxygen atoms in total. The molecule has 2 heterocycles. The second-order valence-corrected chi connectivity index (χ2v) is 6.42. The maximum absolute atomic E-state index is 9.63. The largest absolute Gasteiger partial charge is 0.389 e. The number of nitrogens with zero attached hydrogens (tertiary/aromatic N) is 2. The molecule has 0 saturated carbocycles. The van der Waals surface area contributed by atoms with Crippen molar-refractivity contribution in [2.75, 3.05) is 18.0 Å². The van der Waals surface area contributed by atoms with Gasteiger partial charge in [-0.05, 0) is 42.4 Å². The van der Waals surface area contributed by atoms with Crippen LogP contribution in [-0.4, -0.2) is 23.2 Å². The van der Waals surface area contributed by atoms with E-state index in [1.165, 1.54) is 6.42 Å². The van der Waals surface area contributed by atoms with Gasteiger partial charge in [-0.3, -0.25) is 0 Å². The second kappa shape index (κ2) is 4.88. The summed E-state index contributed by atoms with van der Waals surface area (Å²) in [7, 11) is 0. The van der Waals surface area contributed by atoms with E-state index in [1.807, 2.05) is 12.1 Å². The summed E-state index contributed by atoms with van der Waals surface area (Å²) in [5.41, 5.74) is 1.30. The van der Waals surface area contributed by atoms with E-state index < -0.39 is 6.10 Å². The summed E-state index contributed by atoms with van der Waals surface area (Å²) in [6.07, 6.45) is 2.60. The van der Waals surface area contributed by atoms with Gasteiger partial charge in [0.15, 0.2) is 0 Å². The third-order valence-corrected chi connectivity index (χ3v) is 3.99. The van der Waals surface area contributed by atoms with Crippen molar-refractivity contribution in [3.05, 3.63) is 23.9 Å². The van der Waals surface area contributed by atoms with Crippen molar-refractivity contribution in [1.29, 1.82) is 0 Å². The zero-order valence-electron chi connectivity index (χ0n) is 11.8. The molecule has 1 unspecified atom stereocenters. The molecule has 0 amide bonds. The molecule has 1 aromatic rings. The molecule has 1 aliphatic heterocycles. The predicted octanol–water partition coefficient (Wildman–Crippen LogP) is 3.01. The predicted molar refractivity (Wildman–Crippen MR) is 74.6 cm³/mol. The first-order valence-electron chi connectivity index (χ1n) is 6.77. The number of aliphatic hydroxyl groups is 1. The number of hydrogen-bond acceptors (Lipinski definition) is 3. The Morgan fingerprint density at radius 1 is 1.44 bits per heavy atom. The van der Waals surface area contributed by atoms with Gasteiger partial charge in [-0.2, -0.15) is 0 Å². The second-order valence-electron chi connectivity index (χ2n) is 6.42. The van der Waals surface area contributed by atoms with E-state index in [0.717, 1.165) is 30.4 Å². The van der Waals surface area contributed by atoms with Crippen molar-refractivity contribution in [3.63, 3.8) is 0 Å². The van der Waals surface area contributed by atoms with Gasteiger partial charge in [0.1, 0.15) is 5.82 Å². The number of aliphatic hydroxyl groups excluding tert-OH is 1. The number of hydrogen-bond donors (Lipinski definition) is 1. The monoisotopic (exact) mass is 248 g/mol. The minimum Gasteiger partial charge on any atom is -0.389 e. The molecule has 2 rings (SSSR count). The molecule has 0 radical (unpaired) electrons. The fraction of sp³-hybridized carbons (Fsp3) is 0.667. The normalized spacial score (nSPS) is 22.3. The molecule has 1 N–H and O–H groups in total. The lowest BCUT2D eigenvalue weighted by Crippen LogP contribution is -2.26. The van der Waals surface area contributed by atoms with Gasteiger partial charge in [-0.1, -0.05) is 20.8 Å². The number of pyridine rings is 1. The van der Waals surface area contributed by atoms with Crippen molar-refractivity contribution in [2.45, 2.75) is 40.2 Å². The summed E-state index contributed by atoms with van der Waals surface area (Å²) in [4.78, 5) is 6.77. The number of rotatable bonds is 2. The smallest absolute Gasteiger partial charge is 0.128 e. The van der Waals surface area contributed by atoms with Gasteiger partial charge in [-0.15, -0.1) is 0 Å². The molecule has 1 aliphatic rings. The maximum Gasteiger partial charge on any atom is 0.128 e. The first-order valence-corrected chi connectivity index (χ1v) is 6.77. The molecule has 0 aliphatic carbocycles. The summed E-state index contributed by atoms with van der Waals surface area (Å²) in [5, 5.41) is 9.63. The molecule has 0 bridgehead atoms. The Morgan fingerprint density at radius 3 is 2.72 bits per heavy atom. The van der Waals surface area contributed by atoms with E-state index in [0.29, 0.717) is 5.41 Å². The minimum absolute atomic E-state index is 0.358. The van der Waals surface area contributed by atoms with Gasteiger partial charge >= 0.3 is 0 Å². The Balaban J connectivity index is 2.12. The van der Waals surface area contributed by atoms with E-state index in [1.54, 1.807) is 13.1 Å². The van der Waals surface area contributed by atoms with E-state index in [2.05, 4.69) is 30.7 Å². The number of aromatic nitrogens is 1. The van der Waals surface area contributed by atoms with Crippen LogP contribution in [-0.2, 0) is 0 Å². The molecular formula is C15H24N2O. The molecule has 3 heteroatoms. The summed E-state index contributed by atoms with van der Waals surface area (Å²) < 4.78 is 0. The standard InChI is InChI=1S/C15H24N2O/c1-11(18)12-5-7-16-14(9-12)17-8-6-13(10-17)15(2,3)4/h5,7,9,11,13,18H,6,8,10H2,1-4H3/t11-,13?/m0/s1. The summed E-state index contributed by atoms with van der Waals surface area (Å²) >= 11 is 0. The Labute approximate surface area is 110 Å². The van der Waals surface area contributed by atoms with Gasteiger partial charge in [0.2, 0.25) is 0 Å². The fourth-order valence-corrected chi connectivity index (χ4v) is 2.54. The van der Waals surface area contributed by atoms with Gasteiger partial charge < -0.3 is 10.0 Å². The van der Waals surface area contributed by atoms with E-state index >= 15 is 0 Å². The van der Waals surface area contributed by atoms with Crippen LogP contribution in [0.15, 0.2) is 18.3 Å². The Morgan fingerprint density at radius 2 is 2.17 bits per heavy atom. The van der Waals surface area contributed by atoms with Crippen LogP contribution in [0.5, 0.6) is 0 Å². The lowest BCUT2D eigenvalue weighted by atomic mass is 9.80. The van der Waals surface area contributed by atoms with Crippen molar-refractivity contribution < 1.29 is 5.11 Å². The van der Waals surface area contributed by atoms with Crippen LogP contribution in [0.4, 0.5) is 5.82 Å². The van der Waals surface area contributed by atoms with Crippen LogP contribution in [0.25, 0.3) is 0 Å². The lowest BCUT2D eigenvalue weighted by molar-refractivity contribution is 0.199. The van der Waals surface area contributed by atoms with Gasteiger partial charge in [0, 0.05) is 19.3 Å². The molecule has 18 heavy (non-hydrogen) atoms. The topological polar surface area (TPSA) is 36.4 Å². The van der Waals surface area contributed by atoms with Crippen molar-refractivity contribution in [1.82, 2.24) is 4.98 Å². The van der Waals surface area contributed by atoms with E-state index in [9.17, 15) is 5.11 Å². The average molecular weight is 248 g/mol. The molecule has 0 aromatic carbocycles. The third-order valence-electron chi connectivity index (χ3n) is 3.99. The highest BCUT2D eigenvalue weighted by molar-refractivity contribution is 5.42. The van der Waals surface area contributed by atoms with Crippen LogP contribution in [0.2, 0.25) is 0 Å². The highest BCUT2D eigenvalue weighted by atomic mass is 16.3. The van der Waals surface area contributed by atoms with Gasteiger partial charge in [0.25, 0.3) is 0 Å². The minimum atomic E-state index is -0.423. The SMILES string of the molecule is C[C@H](O)c1ccnc(N2CCC(C(C)(C)C)C2)c1. The highest BCUT2D eigenvalue weighted by Crippen LogP contribution is 2.35. The van der Waals surface area contributed by atoms with Crippen LogP contribution >= 0.6 is 0 Å². The molecular weight excluding hydrogens is 224 g/mol. The van der Waals surface area contributed by atoms with E-state index in [4.69, 9.17) is 0 Å². The molecule has 100 valence electrons. The first-order chi connectivity index (χ1) is 8.38. The average Bonchev–Trinajstić information content (AvgIpc) is 2.78. The third kappa shape index (κ3) is 2.83. The lowest BCUT2D eigenvalue weighted by Gasteiger charge is -2.27. The van der Waals surface area contributed by atoms with Crippen molar-refractivity contribution >= 4 is 5.82 Å². The zero-order valence-corrected chi connectivity index (χ0v) is 11.8. The fourth-order valence-electron chi connectivity index (χ4n) is 2.54. The van der Waals surface area contributed by atoms with Crippen LogP contribution in [0.3, 0.4) is 0 Å². The van der Waals surface area contributed by atoms with Crippen molar-refractivity contribution in [3.8, 4) is 0 Å².